The van der Waals surface area contributed by atoms with Crippen LogP contribution in [0.25, 0.3) is 22.5 Å². The second-order valence-corrected chi connectivity index (χ2v) is 8.21. The van der Waals surface area contributed by atoms with Crippen LogP contribution in [0.15, 0.2) is 68.5 Å². The van der Waals surface area contributed by atoms with E-state index >= 15 is 0 Å². The fourth-order valence-corrected chi connectivity index (χ4v) is 4.26. The second kappa shape index (κ2) is 8.90. The van der Waals surface area contributed by atoms with E-state index in [-0.39, 0.29) is 29.4 Å². The van der Waals surface area contributed by atoms with E-state index in [2.05, 4.69) is 20.2 Å². The Bertz CT molecular complexity index is 1320. The molecule has 8 heteroatoms. The highest BCUT2D eigenvalue weighted by Crippen LogP contribution is 2.33. The van der Waals surface area contributed by atoms with Gasteiger partial charge in [-0.15, -0.1) is 0 Å². The van der Waals surface area contributed by atoms with Gasteiger partial charge in [0.25, 0.3) is 0 Å². The van der Waals surface area contributed by atoms with Crippen molar-refractivity contribution in [1.29, 1.82) is 0 Å². The number of nitrogens with zero attached hydrogens (tertiary/aromatic N) is 3. The normalized spacial score (nSPS) is 14.5. The van der Waals surface area contributed by atoms with Crippen LogP contribution < -0.4 is 15.6 Å². The number of hydrogen-bond acceptors (Lipinski definition) is 7. The van der Waals surface area contributed by atoms with E-state index in [0.29, 0.717) is 28.6 Å². The van der Waals surface area contributed by atoms with Crippen LogP contribution in [0, 0.1) is 6.92 Å². The number of fused-ring (bicyclic) bond motifs is 1. The van der Waals surface area contributed by atoms with Gasteiger partial charge in [-0.3, -0.25) is 9.59 Å². The van der Waals surface area contributed by atoms with Crippen molar-refractivity contribution >= 4 is 23.0 Å². The van der Waals surface area contributed by atoms with Crippen molar-refractivity contribution in [2.45, 2.75) is 32.2 Å². The van der Waals surface area contributed by atoms with Gasteiger partial charge in [0.1, 0.15) is 11.5 Å². The maximum atomic E-state index is 13.0. The second-order valence-electron chi connectivity index (χ2n) is 8.21. The van der Waals surface area contributed by atoms with Crippen LogP contribution >= 0.6 is 0 Å². The molecule has 0 radical (unpaired) electrons. The van der Waals surface area contributed by atoms with Crippen LogP contribution in [-0.2, 0) is 11.2 Å². The number of aryl methyl sites for hydroxylation is 1. The third-order valence-electron chi connectivity index (χ3n) is 5.85. The quantitative estimate of drug-likeness (QED) is 0.503. The predicted octanol–water partition coefficient (Wildman–Crippen LogP) is 3.48. The molecule has 0 saturated carbocycles. The lowest BCUT2D eigenvalue weighted by Crippen LogP contribution is -2.45. The number of rotatable bonds is 5. The lowest BCUT2D eigenvalue weighted by Gasteiger charge is -2.32. The van der Waals surface area contributed by atoms with Crippen LogP contribution in [0.3, 0.4) is 0 Å². The molecule has 1 N–H and O–H groups in total. The summed E-state index contributed by atoms with van der Waals surface area (Å²) in [6.07, 6.45) is 5.13. The molecule has 4 heterocycles. The highest BCUT2D eigenvalue weighted by atomic mass is 16.4. The largest absolute Gasteiger partial charge is 0.457 e. The molecule has 1 saturated heterocycles. The number of amides is 1. The molecule has 33 heavy (non-hydrogen) atoms. The monoisotopic (exact) mass is 444 g/mol. The Kier molecular flexibility index (Phi) is 5.64. The number of aromatic nitrogens is 2. The summed E-state index contributed by atoms with van der Waals surface area (Å²) in [6, 6.07) is 12.7. The Labute approximate surface area is 190 Å². The first-order chi connectivity index (χ1) is 16.1. The fourth-order valence-electron chi connectivity index (χ4n) is 4.26. The number of piperidine rings is 1. The van der Waals surface area contributed by atoms with E-state index in [0.717, 1.165) is 31.5 Å². The number of anilines is 1. The molecule has 1 aliphatic rings. The van der Waals surface area contributed by atoms with E-state index in [1.807, 2.05) is 30.3 Å². The Balaban J connectivity index is 1.35. The molecule has 0 aliphatic carbocycles. The van der Waals surface area contributed by atoms with Gasteiger partial charge in [0.2, 0.25) is 22.9 Å². The summed E-state index contributed by atoms with van der Waals surface area (Å²) in [5.74, 6) is 1.55. The molecular formula is C25H24N4O4. The zero-order valence-electron chi connectivity index (χ0n) is 18.3. The summed E-state index contributed by atoms with van der Waals surface area (Å²) in [5.41, 5.74) is 1.60. The third-order valence-corrected chi connectivity index (χ3v) is 5.85. The van der Waals surface area contributed by atoms with Crippen LogP contribution in [-0.4, -0.2) is 35.0 Å². The molecule has 0 bridgehead atoms. The first-order valence-corrected chi connectivity index (χ1v) is 11.0. The summed E-state index contributed by atoms with van der Waals surface area (Å²) in [7, 11) is 0. The van der Waals surface area contributed by atoms with Crippen molar-refractivity contribution in [2.75, 3.05) is 18.0 Å². The molecule has 0 unspecified atom stereocenters. The van der Waals surface area contributed by atoms with Crippen molar-refractivity contribution in [3.05, 3.63) is 76.4 Å². The first kappa shape index (κ1) is 20.9. The summed E-state index contributed by atoms with van der Waals surface area (Å²) in [4.78, 5) is 36.2. The number of nitrogens with one attached hydrogen (secondary N) is 1. The van der Waals surface area contributed by atoms with Gasteiger partial charge in [-0.05, 0) is 25.8 Å². The minimum absolute atomic E-state index is 0.0598. The van der Waals surface area contributed by atoms with Gasteiger partial charge in [-0.2, -0.15) is 0 Å². The summed E-state index contributed by atoms with van der Waals surface area (Å²) in [5, 5.41) is 3.13. The molecule has 0 atom stereocenters. The molecule has 5 rings (SSSR count). The van der Waals surface area contributed by atoms with E-state index in [1.54, 1.807) is 25.4 Å². The molecule has 168 valence electrons. The Morgan fingerprint density at radius 1 is 1.06 bits per heavy atom. The van der Waals surface area contributed by atoms with E-state index in [1.165, 1.54) is 6.07 Å². The summed E-state index contributed by atoms with van der Waals surface area (Å²) in [6.45, 7) is 3.25. The van der Waals surface area contributed by atoms with Gasteiger partial charge < -0.3 is 19.1 Å². The molecule has 1 fully saturated rings. The van der Waals surface area contributed by atoms with Crippen molar-refractivity contribution in [3.63, 3.8) is 0 Å². The van der Waals surface area contributed by atoms with E-state index in [9.17, 15) is 9.59 Å². The van der Waals surface area contributed by atoms with Gasteiger partial charge in [0.05, 0.1) is 12.0 Å². The lowest BCUT2D eigenvalue weighted by atomic mass is 10.0. The molecule has 8 nitrogen and oxygen atoms in total. The number of carbonyl (C=O) groups is 1. The lowest BCUT2D eigenvalue weighted by molar-refractivity contribution is -0.121. The smallest absolute Gasteiger partial charge is 0.228 e. The van der Waals surface area contributed by atoms with Gasteiger partial charge in [0, 0.05) is 43.2 Å². The molecular weight excluding hydrogens is 420 g/mol. The van der Waals surface area contributed by atoms with Gasteiger partial charge in [0.15, 0.2) is 5.58 Å². The summed E-state index contributed by atoms with van der Waals surface area (Å²) >= 11 is 0. The zero-order chi connectivity index (χ0) is 22.8. The maximum absolute atomic E-state index is 13.0. The number of hydrogen-bond donors (Lipinski definition) is 1. The summed E-state index contributed by atoms with van der Waals surface area (Å²) < 4.78 is 11.8. The van der Waals surface area contributed by atoms with Crippen molar-refractivity contribution < 1.29 is 13.6 Å². The topological polar surface area (TPSA) is 101 Å². The molecule has 3 aromatic heterocycles. The van der Waals surface area contributed by atoms with Crippen LogP contribution in [0.2, 0.25) is 0 Å². The maximum Gasteiger partial charge on any atom is 0.228 e. The van der Waals surface area contributed by atoms with Crippen LogP contribution in [0.1, 0.15) is 24.2 Å². The van der Waals surface area contributed by atoms with Crippen molar-refractivity contribution in [2.24, 2.45) is 0 Å². The minimum atomic E-state index is -0.256. The molecule has 0 spiro atoms. The number of benzene rings is 1. The minimum Gasteiger partial charge on any atom is -0.457 e. The number of furan rings is 1. The van der Waals surface area contributed by atoms with Gasteiger partial charge in [-0.25, -0.2) is 9.97 Å². The Morgan fingerprint density at radius 3 is 2.52 bits per heavy atom. The van der Waals surface area contributed by atoms with Crippen LogP contribution in [0.5, 0.6) is 0 Å². The Hall–Kier alpha value is -3.94. The average Bonchev–Trinajstić information content (AvgIpc) is 3.19. The average molecular weight is 444 g/mol. The standard InChI is InChI=1S/C25H24N4O4/c1-16-14-20(30)24-23(32-16)19(22(33-24)17-6-3-2-4-7-17)15-21(31)28-18-8-12-29(13-9-18)25-26-10-5-11-27-25/h2-7,10-11,14,18H,8-9,12-13,15H2,1H3,(H,28,31). The zero-order valence-corrected chi connectivity index (χ0v) is 18.3. The molecule has 4 aromatic rings. The predicted molar refractivity (Wildman–Crippen MR) is 124 cm³/mol. The van der Waals surface area contributed by atoms with Crippen LogP contribution in [0.4, 0.5) is 5.95 Å². The van der Waals surface area contributed by atoms with Crippen molar-refractivity contribution in [3.8, 4) is 11.3 Å². The van der Waals surface area contributed by atoms with E-state index in [4.69, 9.17) is 8.83 Å². The van der Waals surface area contributed by atoms with E-state index < -0.39 is 0 Å². The molecule has 1 aromatic carbocycles. The van der Waals surface area contributed by atoms with Gasteiger partial charge >= 0.3 is 0 Å². The molecule has 1 aliphatic heterocycles. The first-order valence-electron chi connectivity index (χ1n) is 11.0. The number of carbonyl (C=O) groups excluding carboxylic acids is 1. The highest BCUT2D eigenvalue weighted by molar-refractivity contribution is 5.90. The third kappa shape index (κ3) is 4.37. The molecule has 1 amide bonds. The fraction of sp³-hybridized carbons (Fsp3) is 0.280. The highest BCUT2D eigenvalue weighted by Gasteiger charge is 2.26. The SMILES string of the molecule is Cc1cc(=O)c2oc(-c3ccccc3)c(CC(=O)NC3CCN(c4ncccn4)CC3)c2o1. The van der Waals surface area contributed by atoms with Crippen molar-refractivity contribution in [1.82, 2.24) is 15.3 Å². The van der Waals surface area contributed by atoms with Gasteiger partial charge in [-0.1, -0.05) is 30.3 Å². The Morgan fingerprint density at radius 2 is 1.79 bits per heavy atom.